The maximum absolute atomic E-state index is 10.1. The first-order chi connectivity index (χ1) is 9.74. The Bertz CT molecular complexity index is 440. The van der Waals surface area contributed by atoms with E-state index in [2.05, 4.69) is 17.9 Å². The number of hydrogen-bond acceptors (Lipinski definition) is 2. The average molecular weight is 273 g/mol. The van der Waals surface area contributed by atoms with Crippen LogP contribution in [0.4, 0.5) is 0 Å². The van der Waals surface area contributed by atoms with Crippen molar-refractivity contribution in [2.24, 2.45) is 5.41 Å². The Hall–Kier alpha value is -1.02. The summed E-state index contributed by atoms with van der Waals surface area (Å²) in [6, 6.07) is 8.24. The van der Waals surface area contributed by atoms with Gasteiger partial charge in [-0.3, -0.25) is 4.90 Å². The minimum atomic E-state index is 0.384. The molecule has 1 aliphatic heterocycles. The van der Waals surface area contributed by atoms with Crippen LogP contribution in [0.5, 0.6) is 5.75 Å². The number of hydrogen-bond donors (Lipinski definition) is 1. The highest BCUT2D eigenvalue weighted by atomic mass is 16.3. The summed E-state index contributed by atoms with van der Waals surface area (Å²) in [5, 5.41) is 10.1. The molecule has 1 saturated carbocycles. The minimum absolute atomic E-state index is 0.384. The molecule has 1 aromatic rings. The van der Waals surface area contributed by atoms with E-state index >= 15 is 0 Å². The van der Waals surface area contributed by atoms with Crippen LogP contribution in [0, 0.1) is 5.41 Å². The van der Waals surface area contributed by atoms with Crippen molar-refractivity contribution in [3.8, 4) is 5.75 Å². The normalized spacial score (nSPS) is 24.1. The highest BCUT2D eigenvalue weighted by molar-refractivity contribution is 5.34. The minimum Gasteiger partial charge on any atom is -0.508 e. The molecule has 0 amide bonds. The van der Waals surface area contributed by atoms with Gasteiger partial charge in [-0.2, -0.15) is 0 Å². The zero-order chi connectivity index (χ0) is 14.0. The van der Waals surface area contributed by atoms with Gasteiger partial charge in [0.25, 0.3) is 0 Å². The van der Waals surface area contributed by atoms with Gasteiger partial charge >= 0.3 is 0 Å². The van der Waals surface area contributed by atoms with Gasteiger partial charge in [-0.05, 0) is 56.7 Å². The van der Waals surface area contributed by atoms with Gasteiger partial charge in [-0.1, -0.05) is 38.0 Å². The van der Waals surface area contributed by atoms with Crippen LogP contribution in [0.1, 0.15) is 63.5 Å². The van der Waals surface area contributed by atoms with Gasteiger partial charge in [0.2, 0.25) is 0 Å². The zero-order valence-electron chi connectivity index (χ0n) is 12.6. The number of nitrogens with zero attached hydrogens (tertiary/aromatic N) is 1. The second-order valence-electron chi connectivity index (χ2n) is 6.73. The van der Waals surface area contributed by atoms with Crippen molar-refractivity contribution in [3.05, 3.63) is 29.8 Å². The Morgan fingerprint density at radius 3 is 2.35 bits per heavy atom. The van der Waals surface area contributed by atoms with Crippen molar-refractivity contribution in [1.29, 1.82) is 0 Å². The van der Waals surface area contributed by atoms with E-state index in [9.17, 15) is 5.11 Å². The summed E-state index contributed by atoms with van der Waals surface area (Å²) in [6.45, 7) is 4.64. The van der Waals surface area contributed by atoms with E-state index in [1.807, 2.05) is 18.2 Å². The van der Waals surface area contributed by atoms with Crippen molar-refractivity contribution in [2.75, 3.05) is 13.1 Å². The lowest BCUT2D eigenvalue weighted by Gasteiger charge is -2.43. The number of benzene rings is 1. The molecule has 2 heteroatoms. The molecule has 20 heavy (non-hydrogen) atoms. The number of phenols is 1. The molecule has 1 aliphatic carbocycles. The van der Waals surface area contributed by atoms with Crippen LogP contribution in [0.2, 0.25) is 0 Å². The molecule has 1 saturated heterocycles. The summed E-state index contributed by atoms with van der Waals surface area (Å²) < 4.78 is 0. The van der Waals surface area contributed by atoms with Crippen LogP contribution in [-0.4, -0.2) is 23.1 Å². The van der Waals surface area contributed by atoms with Gasteiger partial charge in [0.1, 0.15) is 5.75 Å². The van der Waals surface area contributed by atoms with Crippen LogP contribution in [-0.2, 0) is 0 Å². The number of aromatic hydroxyl groups is 1. The van der Waals surface area contributed by atoms with Crippen molar-refractivity contribution in [2.45, 2.75) is 57.9 Å². The van der Waals surface area contributed by atoms with Crippen LogP contribution in [0.15, 0.2) is 24.3 Å². The summed E-state index contributed by atoms with van der Waals surface area (Å²) in [6.07, 6.45) is 9.58. The number of piperidine rings is 1. The summed E-state index contributed by atoms with van der Waals surface area (Å²) in [5.41, 5.74) is 1.78. The molecule has 2 fully saturated rings. The molecule has 1 aromatic carbocycles. The van der Waals surface area contributed by atoms with E-state index in [-0.39, 0.29) is 0 Å². The van der Waals surface area contributed by atoms with Crippen LogP contribution >= 0.6 is 0 Å². The standard InChI is InChI=1S/C18H27NO/c1-2-16(15-7-3-4-8-17(15)20)19-13-11-18(12-14-19)9-5-6-10-18/h3-4,7-8,16,20H,2,5-6,9-14H2,1H3. The Morgan fingerprint density at radius 1 is 1.10 bits per heavy atom. The van der Waals surface area contributed by atoms with E-state index in [4.69, 9.17) is 0 Å². The number of phenolic OH excluding ortho intramolecular Hbond substituents is 1. The predicted molar refractivity (Wildman–Crippen MR) is 82.8 cm³/mol. The molecule has 1 atom stereocenters. The van der Waals surface area contributed by atoms with E-state index < -0.39 is 0 Å². The topological polar surface area (TPSA) is 23.5 Å². The van der Waals surface area contributed by atoms with Crippen molar-refractivity contribution < 1.29 is 5.11 Å². The van der Waals surface area contributed by atoms with Crippen molar-refractivity contribution >= 4 is 0 Å². The molecule has 1 unspecified atom stereocenters. The molecule has 2 nitrogen and oxygen atoms in total. The predicted octanol–water partition coefficient (Wildman–Crippen LogP) is 4.50. The molecule has 3 rings (SSSR count). The first-order valence-electron chi connectivity index (χ1n) is 8.26. The first-order valence-corrected chi connectivity index (χ1v) is 8.26. The van der Waals surface area contributed by atoms with E-state index in [0.29, 0.717) is 17.2 Å². The molecule has 2 aliphatic rings. The molecular weight excluding hydrogens is 246 g/mol. The van der Waals surface area contributed by atoms with Crippen molar-refractivity contribution in [1.82, 2.24) is 4.90 Å². The number of likely N-dealkylation sites (tertiary alicyclic amines) is 1. The second-order valence-corrected chi connectivity index (χ2v) is 6.73. The van der Waals surface area contributed by atoms with Gasteiger partial charge in [0, 0.05) is 11.6 Å². The van der Waals surface area contributed by atoms with Gasteiger partial charge < -0.3 is 5.11 Å². The third-order valence-corrected chi connectivity index (χ3v) is 5.65. The monoisotopic (exact) mass is 273 g/mol. The lowest BCUT2D eigenvalue weighted by atomic mass is 9.76. The zero-order valence-corrected chi connectivity index (χ0v) is 12.6. The smallest absolute Gasteiger partial charge is 0.120 e. The summed E-state index contributed by atoms with van der Waals surface area (Å²) in [4.78, 5) is 2.60. The highest BCUT2D eigenvalue weighted by Crippen LogP contribution is 2.47. The van der Waals surface area contributed by atoms with Gasteiger partial charge in [0.15, 0.2) is 0 Å². The van der Waals surface area contributed by atoms with Gasteiger partial charge in [-0.15, -0.1) is 0 Å². The third kappa shape index (κ3) is 2.58. The Kier molecular flexibility index (Phi) is 4.02. The second kappa shape index (κ2) is 5.77. The summed E-state index contributed by atoms with van der Waals surface area (Å²) in [5.74, 6) is 0.459. The summed E-state index contributed by atoms with van der Waals surface area (Å²) in [7, 11) is 0. The molecular formula is C18H27NO. The molecule has 1 heterocycles. The SMILES string of the molecule is CCC(c1ccccc1O)N1CCC2(CCCC2)CC1. The maximum atomic E-state index is 10.1. The fourth-order valence-electron chi connectivity index (χ4n) is 4.38. The summed E-state index contributed by atoms with van der Waals surface area (Å²) >= 11 is 0. The van der Waals surface area contributed by atoms with Gasteiger partial charge in [-0.25, -0.2) is 0 Å². The van der Waals surface area contributed by atoms with E-state index in [1.54, 1.807) is 0 Å². The van der Waals surface area contributed by atoms with E-state index in [0.717, 1.165) is 12.0 Å². The molecule has 1 N–H and O–H groups in total. The largest absolute Gasteiger partial charge is 0.508 e. The first kappa shape index (κ1) is 13.9. The van der Waals surface area contributed by atoms with Crippen molar-refractivity contribution in [3.63, 3.8) is 0 Å². The molecule has 0 radical (unpaired) electrons. The third-order valence-electron chi connectivity index (χ3n) is 5.65. The fraction of sp³-hybridized carbons (Fsp3) is 0.667. The van der Waals surface area contributed by atoms with Crippen LogP contribution in [0.25, 0.3) is 0 Å². The maximum Gasteiger partial charge on any atom is 0.120 e. The van der Waals surface area contributed by atoms with Gasteiger partial charge in [0.05, 0.1) is 0 Å². The van der Waals surface area contributed by atoms with E-state index in [1.165, 1.54) is 51.6 Å². The number of rotatable bonds is 3. The quantitative estimate of drug-likeness (QED) is 0.876. The Morgan fingerprint density at radius 2 is 1.75 bits per heavy atom. The molecule has 1 spiro atoms. The Labute approximate surface area is 122 Å². The molecule has 110 valence electrons. The fourth-order valence-corrected chi connectivity index (χ4v) is 4.38. The van der Waals surface area contributed by atoms with Crippen LogP contribution < -0.4 is 0 Å². The molecule has 0 aromatic heterocycles. The highest BCUT2D eigenvalue weighted by Gasteiger charge is 2.38. The molecule has 0 bridgehead atoms. The van der Waals surface area contributed by atoms with Crippen LogP contribution in [0.3, 0.4) is 0 Å². The lowest BCUT2D eigenvalue weighted by molar-refractivity contribution is 0.0730. The average Bonchev–Trinajstić information content (AvgIpc) is 2.92. The number of para-hydroxylation sites is 1. The lowest BCUT2D eigenvalue weighted by Crippen LogP contribution is -2.40. The Balaban J connectivity index is 1.71.